The first kappa shape index (κ1) is 16.3. The van der Waals surface area contributed by atoms with E-state index in [0.29, 0.717) is 20.8 Å². The summed E-state index contributed by atoms with van der Waals surface area (Å²) in [4.78, 5) is 30.9. The van der Waals surface area contributed by atoms with Crippen molar-refractivity contribution < 1.29 is 9.59 Å². The Morgan fingerprint density at radius 3 is 2.56 bits per heavy atom. The van der Waals surface area contributed by atoms with E-state index in [1.54, 1.807) is 0 Å². The summed E-state index contributed by atoms with van der Waals surface area (Å²) >= 11 is 8.92. The molecule has 1 fully saturated rings. The molecule has 0 radical (unpaired) electrons. The van der Waals surface area contributed by atoms with Crippen molar-refractivity contribution in [1.82, 2.24) is 0 Å². The van der Waals surface area contributed by atoms with E-state index in [0.717, 1.165) is 10.1 Å². The fourth-order valence-corrected chi connectivity index (χ4v) is 4.83. The number of hydrogen-bond acceptors (Lipinski definition) is 4. The summed E-state index contributed by atoms with van der Waals surface area (Å²) in [6.45, 7) is 0. The zero-order chi connectivity index (χ0) is 17.4. The van der Waals surface area contributed by atoms with Crippen LogP contribution >= 0.6 is 34.7 Å². The molecule has 1 aliphatic heterocycles. The third-order valence-corrected chi connectivity index (χ3v) is 6.29. The van der Waals surface area contributed by atoms with Gasteiger partial charge in [-0.2, -0.15) is 4.99 Å². The molecule has 0 unspecified atom stereocenters. The molecule has 124 valence electrons. The van der Waals surface area contributed by atoms with Gasteiger partial charge in [0.05, 0.1) is 16.5 Å². The quantitative estimate of drug-likeness (QED) is 0.633. The molecule has 1 saturated heterocycles. The first-order chi connectivity index (χ1) is 12.1. The van der Waals surface area contributed by atoms with E-state index in [-0.39, 0.29) is 11.7 Å². The Morgan fingerprint density at radius 2 is 1.80 bits per heavy atom. The molecular weight excluding hydrogens is 376 g/mol. The lowest BCUT2D eigenvalue weighted by atomic mass is 10.2. The third kappa shape index (κ3) is 2.97. The van der Waals surface area contributed by atoms with Gasteiger partial charge in [-0.1, -0.05) is 59.8 Å². The summed E-state index contributed by atoms with van der Waals surface area (Å²) in [5.41, 5.74) is 0.700. The molecule has 4 rings (SSSR count). The van der Waals surface area contributed by atoms with Crippen LogP contribution in [0.3, 0.4) is 0 Å². The topological polar surface area (TPSA) is 49.7 Å². The number of nitrogens with zero attached hydrogens (tertiary/aromatic N) is 2. The minimum atomic E-state index is -0.427. The van der Waals surface area contributed by atoms with Crippen LogP contribution in [0.1, 0.15) is 9.67 Å². The van der Waals surface area contributed by atoms with Crippen molar-refractivity contribution in [1.29, 1.82) is 0 Å². The molecule has 7 heteroatoms. The Bertz CT molecular complexity index is 1010. The van der Waals surface area contributed by atoms with Crippen molar-refractivity contribution in [3.8, 4) is 0 Å². The van der Waals surface area contributed by atoms with Gasteiger partial charge in [-0.05, 0) is 18.2 Å². The summed E-state index contributed by atoms with van der Waals surface area (Å²) in [6.07, 6.45) is 0. The Hall–Kier alpha value is -2.15. The zero-order valence-corrected chi connectivity index (χ0v) is 15.2. The van der Waals surface area contributed by atoms with Gasteiger partial charge in [0.25, 0.3) is 5.91 Å². The minimum absolute atomic E-state index is 0.0924. The van der Waals surface area contributed by atoms with E-state index in [1.165, 1.54) is 28.0 Å². The second-order valence-electron chi connectivity index (χ2n) is 5.29. The minimum Gasteiger partial charge on any atom is -0.273 e. The van der Waals surface area contributed by atoms with Crippen molar-refractivity contribution in [2.75, 3.05) is 10.7 Å². The number of para-hydroxylation sites is 1. The van der Waals surface area contributed by atoms with Crippen LogP contribution in [0.2, 0.25) is 5.02 Å². The first-order valence-corrected chi connectivity index (χ1v) is 9.64. The van der Waals surface area contributed by atoms with Gasteiger partial charge >= 0.3 is 0 Å². The number of thiophene rings is 1. The highest BCUT2D eigenvalue weighted by molar-refractivity contribution is 8.15. The van der Waals surface area contributed by atoms with Gasteiger partial charge in [0.2, 0.25) is 5.91 Å². The molecule has 0 saturated carbocycles. The number of thioether (sulfide) groups is 1. The number of rotatable bonds is 2. The van der Waals surface area contributed by atoms with E-state index in [2.05, 4.69) is 4.99 Å². The van der Waals surface area contributed by atoms with Crippen molar-refractivity contribution in [2.24, 2.45) is 4.99 Å². The zero-order valence-electron chi connectivity index (χ0n) is 12.8. The van der Waals surface area contributed by atoms with E-state index < -0.39 is 5.91 Å². The van der Waals surface area contributed by atoms with Crippen LogP contribution in [0.5, 0.6) is 0 Å². The molecule has 4 nitrogen and oxygen atoms in total. The Morgan fingerprint density at radius 1 is 1.08 bits per heavy atom. The lowest BCUT2D eigenvalue weighted by Gasteiger charge is -2.15. The monoisotopic (exact) mass is 386 g/mol. The van der Waals surface area contributed by atoms with E-state index in [1.807, 2.05) is 54.6 Å². The van der Waals surface area contributed by atoms with Gasteiger partial charge in [-0.25, -0.2) is 0 Å². The number of amidine groups is 1. The predicted molar refractivity (Wildman–Crippen MR) is 105 cm³/mol. The molecule has 2 heterocycles. The highest BCUT2D eigenvalue weighted by Crippen LogP contribution is 2.36. The maximum Gasteiger partial charge on any atom is 0.291 e. The van der Waals surface area contributed by atoms with Gasteiger partial charge in [0, 0.05) is 10.1 Å². The number of anilines is 1. The van der Waals surface area contributed by atoms with Crippen molar-refractivity contribution >= 4 is 67.5 Å². The predicted octanol–water partition coefficient (Wildman–Crippen LogP) is 4.83. The van der Waals surface area contributed by atoms with Gasteiger partial charge in [0.15, 0.2) is 5.17 Å². The molecule has 1 aromatic heterocycles. The van der Waals surface area contributed by atoms with Crippen LogP contribution in [-0.2, 0) is 4.79 Å². The fourth-order valence-electron chi connectivity index (χ4n) is 2.57. The smallest absolute Gasteiger partial charge is 0.273 e. The normalized spacial score (nSPS) is 16.1. The van der Waals surface area contributed by atoms with E-state index >= 15 is 0 Å². The first-order valence-electron chi connectivity index (χ1n) is 7.46. The Balaban J connectivity index is 1.72. The second kappa shape index (κ2) is 6.63. The highest BCUT2D eigenvalue weighted by Gasteiger charge is 2.31. The third-order valence-electron chi connectivity index (χ3n) is 3.71. The standard InChI is InChI=1S/C18H11ClN2O2S2/c19-15-12-8-4-5-9-13(12)25-16(15)17(23)20-18-21(14(22)10-24-18)11-6-2-1-3-7-11/h1-9H,10H2. The lowest BCUT2D eigenvalue weighted by Crippen LogP contribution is -2.29. The molecule has 3 aromatic rings. The van der Waals surface area contributed by atoms with Crippen LogP contribution in [0.25, 0.3) is 10.1 Å². The summed E-state index contributed by atoms with van der Waals surface area (Å²) in [5.74, 6) is -0.254. The number of hydrogen-bond donors (Lipinski definition) is 0. The van der Waals surface area contributed by atoms with E-state index in [4.69, 9.17) is 11.6 Å². The Labute approximate surface area is 157 Å². The largest absolute Gasteiger partial charge is 0.291 e. The number of fused-ring (bicyclic) bond motifs is 1. The average molecular weight is 387 g/mol. The number of carbonyl (C=O) groups is 2. The molecule has 0 bridgehead atoms. The number of amides is 2. The average Bonchev–Trinajstić information content (AvgIpc) is 3.16. The van der Waals surface area contributed by atoms with Gasteiger partial charge < -0.3 is 0 Å². The lowest BCUT2D eigenvalue weighted by molar-refractivity contribution is -0.115. The van der Waals surface area contributed by atoms with Gasteiger partial charge in [-0.3, -0.25) is 14.5 Å². The van der Waals surface area contributed by atoms with Crippen LogP contribution < -0.4 is 4.90 Å². The molecule has 1 aliphatic rings. The SMILES string of the molecule is O=C(N=C1SCC(=O)N1c1ccccc1)c1sc2ccccc2c1Cl. The van der Waals surface area contributed by atoms with Crippen molar-refractivity contribution in [3.05, 3.63) is 64.5 Å². The molecule has 2 aromatic carbocycles. The molecule has 0 N–H and O–H groups in total. The van der Waals surface area contributed by atoms with Crippen LogP contribution in [0.4, 0.5) is 5.69 Å². The highest BCUT2D eigenvalue weighted by atomic mass is 35.5. The molecule has 25 heavy (non-hydrogen) atoms. The number of halogens is 1. The molecule has 0 atom stereocenters. The molecule has 2 amide bonds. The Kier molecular flexibility index (Phi) is 4.33. The number of aliphatic imine (C=N–C) groups is 1. The molecular formula is C18H11ClN2O2S2. The van der Waals surface area contributed by atoms with Gasteiger partial charge in [-0.15, -0.1) is 11.3 Å². The maximum atomic E-state index is 12.7. The summed E-state index contributed by atoms with van der Waals surface area (Å²) < 4.78 is 0.936. The van der Waals surface area contributed by atoms with Crippen LogP contribution in [-0.4, -0.2) is 22.7 Å². The number of benzene rings is 2. The van der Waals surface area contributed by atoms with Crippen molar-refractivity contribution in [2.45, 2.75) is 0 Å². The summed E-state index contributed by atoms with van der Waals surface area (Å²) in [7, 11) is 0. The summed E-state index contributed by atoms with van der Waals surface area (Å²) in [5, 5.41) is 1.64. The van der Waals surface area contributed by atoms with Crippen LogP contribution in [0, 0.1) is 0 Å². The fraction of sp³-hybridized carbons (Fsp3) is 0.0556. The summed E-state index contributed by atoms with van der Waals surface area (Å²) in [6, 6.07) is 16.8. The number of carbonyl (C=O) groups excluding carboxylic acids is 2. The second-order valence-corrected chi connectivity index (χ2v) is 7.67. The van der Waals surface area contributed by atoms with Crippen LogP contribution in [0.15, 0.2) is 59.6 Å². The molecule has 0 spiro atoms. The van der Waals surface area contributed by atoms with Gasteiger partial charge in [0.1, 0.15) is 4.88 Å². The maximum absolute atomic E-state index is 12.7. The van der Waals surface area contributed by atoms with E-state index in [9.17, 15) is 9.59 Å². The molecule has 0 aliphatic carbocycles. The van der Waals surface area contributed by atoms with Crippen molar-refractivity contribution in [3.63, 3.8) is 0 Å².